The lowest BCUT2D eigenvalue weighted by molar-refractivity contribution is -0.376. The minimum atomic E-state index is -6.05. The maximum absolute atomic E-state index is 13.4. The van der Waals surface area contributed by atoms with Crippen molar-refractivity contribution in [1.29, 1.82) is 0 Å². The number of amides is 2. The summed E-state index contributed by atoms with van der Waals surface area (Å²) in [6.45, 7) is 3.46. The Morgan fingerprint density at radius 2 is 1.79 bits per heavy atom. The van der Waals surface area contributed by atoms with Crippen LogP contribution in [0.5, 0.6) is 0 Å². The first-order valence-electron chi connectivity index (χ1n) is 12.3. The van der Waals surface area contributed by atoms with Crippen LogP contribution < -0.4 is 5.32 Å². The monoisotopic (exact) mass is 579 g/mol. The number of benzene rings is 1. The lowest BCUT2D eigenvalue weighted by atomic mass is 9.80. The Morgan fingerprint density at radius 3 is 2.28 bits per heavy atom. The Bertz CT molecular complexity index is 1260. The van der Waals surface area contributed by atoms with E-state index < -0.39 is 40.9 Å². The van der Waals surface area contributed by atoms with Crippen LogP contribution in [-0.4, -0.2) is 69.0 Å². The Balaban J connectivity index is 1.76. The van der Waals surface area contributed by atoms with E-state index in [1.807, 2.05) is 6.92 Å². The molecular weight excluding hydrogens is 552 g/mol. The van der Waals surface area contributed by atoms with Crippen LogP contribution in [0.2, 0.25) is 0 Å². The second kappa shape index (κ2) is 10.0. The van der Waals surface area contributed by atoms with Crippen LogP contribution in [0.15, 0.2) is 18.2 Å². The Kier molecular flexibility index (Phi) is 7.54. The van der Waals surface area contributed by atoms with Gasteiger partial charge in [-0.05, 0) is 57.1 Å². The van der Waals surface area contributed by atoms with Crippen LogP contribution >= 0.6 is 11.3 Å². The number of aryl methyl sites for hydroxylation is 1. The zero-order valence-corrected chi connectivity index (χ0v) is 21.9. The largest absolute Gasteiger partial charge is 0.430 e. The molecule has 1 saturated heterocycles. The molecule has 0 unspecified atom stereocenters. The van der Waals surface area contributed by atoms with E-state index in [9.17, 15) is 46.1 Å². The van der Waals surface area contributed by atoms with Crippen molar-refractivity contribution in [1.82, 2.24) is 15.2 Å². The number of aliphatic hydroxyl groups is 2. The van der Waals surface area contributed by atoms with Gasteiger partial charge in [0.25, 0.3) is 17.4 Å². The van der Waals surface area contributed by atoms with Gasteiger partial charge in [-0.15, -0.1) is 11.3 Å². The fourth-order valence-electron chi connectivity index (χ4n) is 4.83. The van der Waals surface area contributed by atoms with E-state index in [0.717, 1.165) is 36.7 Å². The number of alkyl halides is 6. The molecule has 14 heteroatoms. The van der Waals surface area contributed by atoms with E-state index in [4.69, 9.17) is 0 Å². The van der Waals surface area contributed by atoms with Gasteiger partial charge in [-0.2, -0.15) is 26.3 Å². The van der Waals surface area contributed by atoms with E-state index in [1.54, 1.807) is 4.90 Å². The van der Waals surface area contributed by atoms with E-state index in [2.05, 4.69) is 10.3 Å². The van der Waals surface area contributed by atoms with Gasteiger partial charge >= 0.3 is 12.4 Å². The van der Waals surface area contributed by atoms with Gasteiger partial charge in [-0.25, -0.2) is 4.98 Å². The lowest BCUT2D eigenvalue weighted by Gasteiger charge is -2.36. The Hall–Kier alpha value is -2.71. The number of thiazole rings is 1. The molecule has 2 heterocycles. The van der Waals surface area contributed by atoms with Crippen molar-refractivity contribution in [2.75, 3.05) is 13.1 Å². The fraction of sp³-hybridized carbons (Fsp3) is 0.560. The maximum Gasteiger partial charge on any atom is 0.430 e. The van der Waals surface area contributed by atoms with Crippen molar-refractivity contribution in [2.45, 2.75) is 75.5 Å². The summed E-state index contributed by atoms with van der Waals surface area (Å²) in [5, 5.41) is 22.5. The second-order valence-corrected chi connectivity index (χ2v) is 11.2. The number of carbonyl (C=O) groups is 2. The molecule has 3 N–H and O–H groups in total. The highest BCUT2D eigenvalue weighted by Gasteiger charge is 2.71. The van der Waals surface area contributed by atoms with Crippen molar-refractivity contribution >= 4 is 23.2 Å². The predicted molar refractivity (Wildman–Crippen MR) is 129 cm³/mol. The van der Waals surface area contributed by atoms with Crippen LogP contribution in [0.1, 0.15) is 70.4 Å². The molecule has 2 aromatic rings. The number of halogens is 6. The molecule has 4 rings (SSSR count). The van der Waals surface area contributed by atoms with Crippen molar-refractivity contribution in [2.24, 2.45) is 0 Å². The lowest BCUT2D eigenvalue weighted by Crippen LogP contribution is -2.53. The molecule has 2 aliphatic rings. The number of nitrogens with one attached hydrogen (secondary N) is 1. The van der Waals surface area contributed by atoms with Gasteiger partial charge in [0.15, 0.2) is 5.01 Å². The zero-order chi connectivity index (χ0) is 29.0. The molecule has 1 atom stereocenters. The first-order valence-corrected chi connectivity index (χ1v) is 13.1. The van der Waals surface area contributed by atoms with Crippen LogP contribution in [0.25, 0.3) is 10.4 Å². The Morgan fingerprint density at radius 1 is 1.15 bits per heavy atom. The first-order chi connectivity index (χ1) is 18.0. The van der Waals surface area contributed by atoms with Gasteiger partial charge in [0.05, 0.1) is 10.5 Å². The average molecular weight is 580 g/mol. The predicted octanol–water partition coefficient (Wildman–Crippen LogP) is 4.70. The van der Waals surface area contributed by atoms with E-state index in [-0.39, 0.29) is 39.3 Å². The third kappa shape index (κ3) is 5.25. The SMILES string of the molecule is Cc1cc(C(O)(C(F)(F)F)C(F)(F)F)ccc1-c1sc(C(=O)NCC2(O)CCC2)nc1C(=O)N1CCC[C@@H]1C. The van der Waals surface area contributed by atoms with Crippen LogP contribution in [0.4, 0.5) is 26.3 Å². The van der Waals surface area contributed by atoms with Crippen LogP contribution in [0.3, 0.4) is 0 Å². The molecule has 7 nitrogen and oxygen atoms in total. The molecule has 0 bridgehead atoms. The summed E-state index contributed by atoms with van der Waals surface area (Å²) < 4.78 is 80.5. The highest BCUT2D eigenvalue weighted by atomic mass is 32.1. The Labute approximate surface area is 223 Å². The number of likely N-dealkylation sites (tertiary alicyclic amines) is 1. The van der Waals surface area contributed by atoms with Gasteiger partial charge in [-0.1, -0.05) is 18.2 Å². The third-order valence-electron chi connectivity index (χ3n) is 7.41. The smallest absolute Gasteiger partial charge is 0.388 e. The summed E-state index contributed by atoms with van der Waals surface area (Å²) in [5.74, 6) is -1.19. The van der Waals surface area contributed by atoms with Crippen LogP contribution in [-0.2, 0) is 5.60 Å². The topological polar surface area (TPSA) is 103 Å². The summed E-state index contributed by atoms with van der Waals surface area (Å²) in [7, 11) is 0. The third-order valence-corrected chi connectivity index (χ3v) is 8.50. The second-order valence-electron chi connectivity index (χ2n) is 10.2. The highest BCUT2D eigenvalue weighted by Crippen LogP contribution is 2.50. The number of rotatable bonds is 6. The van der Waals surface area contributed by atoms with Crippen molar-refractivity contribution < 1.29 is 46.1 Å². The van der Waals surface area contributed by atoms with Gasteiger partial charge in [-0.3, -0.25) is 9.59 Å². The molecule has 1 saturated carbocycles. The van der Waals surface area contributed by atoms with E-state index in [1.165, 1.54) is 6.92 Å². The molecule has 214 valence electrons. The summed E-state index contributed by atoms with van der Waals surface area (Å²) in [4.78, 5) is 32.1. The number of hydrogen-bond acceptors (Lipinski definition) is 6. The summed E-state index contributed by atoms with van der Waals surface area (Å²) in [5.41, 5.74) is -7.72. The molecule has 1 aliphatic heterocycles. The molecule has 1 aliphatic carbocycles. The number of nitrogens with zero attached hydrogens (tertiary/aromatic N) is 2. The van der Waals surface area contributed by atoms with E-state index in [0.29, 0.717) is 31.5 Å². The molecular formula is C25H27F6N3O4S. The van der Waals surface area contributed by atoms with Gasteiger partial charge in [0.2, 0.25) is 0 Å². The maximum atomic E-state index is 13.4. The molecule has 0 radical (unpaired) electrons. The summed E-state index contributed by atoms with van der Waals surface area (Å²) >= 11 is 0.765. The molecule has 39 heavy (non-hydrogen) atoms. The number of hydrogen-bond donors (Lipinski definition) is 3. The first kappa shape index (κ1) is 29.3. The molecule has 2 amide bonds. The van der Waals surface area contributed by atoms with Gasteiger partial charge < -0.3 is 20.4 Å². The summed E-state index contributed by atoms with van der Waals surface area (Å²) in [6.07, 6.45) is -8.79. The molecule has 1 aromatic carbocycles. The van der Waals surface area contributed by atoms with Gasteiger partial charge in [0.1, 0.15) is 5.69 Å². The minimum absolute atomic E-state index is 0.0334. The summed E-state index contributed by atoms with van der Waals surface area (Å²) in [6, 6.07) is 1.88. The van der Waals surface area contributed by atoms with Crippen molar-refractivity contribution in [3.8, 4) is 10.4 Å². The number of aromatic nitrogens is 1. The quantitative estimate of drug-likeness (QED) is 0.431. The molecule has 2 fully saturated rings. The fourth-order valence-corrected chi connectivity index (χ4v) is 5.89. The normalized spacial score (nSPS) is 19.6. The van der Waals surface area contributed by atoms with E-state index >= 15 is 0 Å². The zero-order valence-electron chi connectivity index (χ0n) is 21.0. The van der Waals surface area contributed by atoms with Gasteiger partial charge in [0, 0.05) is 24.7 Å². The minimum Gasteiger partial charge on any atom is -0.388 e. The molecule has 1 aromatic heterocycles. The van der Waals surface area contributed by atoms with Crippen LogP contribution in [0, 0.1) is 6.92 Å². The average Bonchev–Trinajstić information content (AvgIpc) is 3.45. The van der Waals surface area contributed by atoms with Crippen molar-refractivity contribution in [3.05, 3.63) is 40.0 Å². The van der Waals surface area contributed by atoms with Crippen molar-refractivity contribution in [3.63, 3.8) is 0 Å². The number of carbonyl (C=O) groups excluding carboxylic acids is 2. The molecule has 0 spiro atoms. The highest BCUT2D eigenvalue weighted by molar-refractivity contribution is 7.17. The standard InChI is InChI=1S/C25H27F6N3O4S/c1-13-11-15(23(38,24(26,27)28)25(29,30)31)6-7-16(13)18-17(21(36)34-10-3-5-14(34)2)33-20(39-18)19(35)32-12-22(37)8-4-9-22/h6-7,11,14,37-38H,3-5,8-10,12H2,1-2H3,(H,32,35)/t14-/m0/s1.